The van der Waals surface area contributed by atoms with Gasteiger partial charge in [0.25, 0.3) is 0 Å². The Balaban J connectivity index is 2.20. The molecular weight excluding hydrogens is 322 g/mol. The molecule has 136 valence electrons. The van der Waals surface area contributed by atoms with Crippen LogP contribution in [0.15, 0.2) is 12.3 Å². The van der Waals surface area contributed by atoms with E-state index in [9.17, 15) is 9.59 Å². The fourth-order valence-corrected chi connectivity index (χ4v) is 2.85. The van der Waals surface area contributed by atoms with Crippen LogP contribution in [0.25, 0.3) is 0 Å². The zero-order valence-corrected chi connectivity index (χ0v) is 15.4. The highest BCUT2D eigenvalue weighted by Crippen LogP contribution is 2.18. The van der Waals surface area contributed by atoms with Crippen molar-refractivity contribution >= 4 is 11.9 Å². The molecule has 1 N–H and O–H groups in total. The van der Waals surface area contributed by atoms with Gasteiger partial charge in [-0.3, -0.25) is 14.2 Å². The molecule has 1 amide bonds. The minimum atomic E-state index is -1.11. The smallest absolute Gasteiger partial charge is 0.356 e. The predicted molar refractivity (Wildman–Crippen MR) is 92.4 cm³/mol. The van der Waals surface area contributed by atoms with Crippen LogP contribution in [-0.4, -0.2) is 48.0 Å². The van der Waals surface area contributed by atoms with E-state index in [1.807, 2.05) is 32.4 Å². The summed E-state index contributed by atoms with van der Waals surface area (Å²) in [6.45, 7) is 11.4. The summed E-state index contributed by atoms with van der Waals surface area (Å²) >= 11 is 0. The van der Waals surface area contributed by atoms with E-state index >= 15 is 0 Å². The van der Waals surface area contributed by atoms with Crippen molar-refractivity contribution in [2.45, 2.75) is 53.8 Å². The van der Waals surface area contributed by atoms with E-state index in [0.717, 1.165) is 23.5 Å². The van der Waals surface area contributed by atoms with E-state index in [-0.39, 0.29) is 11.6 Å². The molecule has 8 heteroatoms. The molecule has 0 saturated heterocycles. The van der Waals surface area contributed by atoms with Gasteiger partial charge in [0.05, 0.1) is 5.69 Å². The van der Waals surface area contributed by atoms with E-state index in [1.165, 1.54) is 16.9 Å². The van der Waals surface area contributed by atoms with Gasteiger partial charge in [0.1, 0.15) is 6.04 Å². The van der Waals surface area contributed by atoms with Crippen molar-refractivity contribution in [2.75, 3.05) is 6.54 Å². The summed E-state index contributed by atoms with van der Waals surface area (Å²) in [7, 11) is 0. The van der Waals surface area contributed by atoms with Crippen LogP contribution in [-0.2, 0) is 17.9 Å². The third-order valence-electron chi connectivity index (χ3n) is 4.45. The standard InChI is InChI=1S/C17H25N5O3/c1-6-20(10-14-11(3)18-21(7-2)12(14)4)16(23)13(5)22-9-8-15(19-22)17(24)25/h8-9,13H,6-7,10H2,1-5H3,(H,24,25). The molecule has 2 aromatic rings. The Hall–Kier alpha value is -2.64. The third kappa shape index (κ3) is 3.72. The number of hydrogen-bond acceptors (Lipinski definition) is 4. The number of rotatable bonds is 7. The van der Waals surface area contributed by atoms with Gasteiger partial charge >= 0.3 is 5.97 Å². The molecule has 0 bridgehead atoms. The monoisotopic (exact) mass is 347 g/mol. The minimum absolute atomic E-state index is 0.0707. The Labute approximate surface area is 147 Å². The lowest BCUT2D eigenvalue weighted by Gasteiger charge is -2.25. The van der Waals surface area contributed by atoms with Crippen LogP contribution in [0.2, 0.25) is 0 Å². The van der Waals surface area contributed by atoms with E-state index in [2.05, 4.69) is 10.2 Å². The lowest BCUT2D eigenvalue weighted by Crippen LogP contribution is -2.36. The van der Waals surface area contributed by atoms with Crippen molar-refractivity contribution in [1.29, 1.82) is 0 Å². The topological polar surface area (TPSA) is 93.2 Å². The van der Waals surface area contributed by atoms with Gasteiger partial charge in [-0.05, 0) is 40.7 Å². The number of likely N-dealkylation sites (N-methyl/N-ethyl adjacent to an activating group) is 1. The summed E-state index contributed by atoms with van der Waals surface area (Å²) in [5.41, 5.74) is 2.96. The van der Waals surface area contributed by atoms with Crippen LogP contribution in [0, 0.1) is 13.8 Å². The number of carbonyl (C=O) groups is 2. The molecule has 0 aliphatic rings. The van der Waals surface area contributed by atoms with Crippen LogP contribution >= 0.6 is 0 Å². The minimum Gasteiger partial charge on any atom is -0.476 e. The molecular formula is C17H25N5O3. The van der Waals surface area contributed by atoms with Crippen molar-refractivity contribution in [3.8, 4) is 0 Å². The van der Waals surface area contributed by atoms with Gasteiger partial charge in [0, 0.05) is 37.1 Å². The molecule has 8 nitrogen and oxygen atoms in total. The first-order chi connectivity index (χ1) is 11.8. The van der Waals surface area contributed by atoms with Gasteiger partial charge in [0.2, 0.25) is 5.91 Å². The number of hydrogen-bond donors (Lipinski definition) is 1. The maximum atomic E-state index is 12.8. The predicted octanol–water partition coefficient (Wildman–Crippen LogP) is 2.02. The second-order valence-corrected chi connectivity index (χ2v) is 5.98. The molecule has 0 fully saturated rings. The maximum Gasteiger partial charge on any atom is 0.356 e. The first kappa shape index (κ1) is 18.7. The summed E-state index contributed by atoms with van der Waals surface area (Å²) < 4.78 is 3.32. The molecule has 2 heterocycles. The first-order valence-electron chi connectivity index (χ1n) is 8.40. The molecule has 1 unspecified atom stereocenters. The number of nitrogens with zero attached hydrogens (tertiary/aromatic N) is 5. The van der Waals surface area contributed by atoms with Gasteiger partial charge in [-0.2, -0.15) is 10.2 Å². The molecule has 0 aromatic carbocycles. The van der Waals surface area contributed by atoms with Crippen molar-refractivity contribution in [1.82, 2.24) is 24.5 Å². The first-order valence-corrected chi connectivity index (χ1v) is 8.40. The summed E-state index contributed by atoms with van der Waals surface area (Å²) in [6.07, 6.45) is 1.52. The number of carbonyl (C=O) groups excluding carboxylic acids is 1. The Morgan fingerprint density at radius 2 is 1.96 bits per heavy atom. The molecule has 2 rings (SSSR count). The maximum absolute atomic E-state index is 12.8. The molecule has 0 radical (unpaired) electrons. The van der Waals surface area contributed by atoms with Crippen molar-refractivity contribution in [3.63, 3.8) is 0 Å². The van der Waals surface area contributed by atoms with E-state index < -0.39 is 12.0 Å². The SMILES string of the molecule is CCN(Cc1c(C)nn(CC)c1C)C(=O)C(C)n1ccc(C(=O)O)n1. The second-order valence-electron chi connectivity index (χ2n) is 5.98. The van der Waals surface area contributed by atoms with Gasteiger partial charge in [0.15, 0.2) is 5.69 Å². The van der Waals surface area contributed by atoms with Crippen LogP contribution in [0.3, 0.4) is 0 Å². The Morgan fingerprint density at radius 1 is 1.28 bits per heavy atom. The lowest BCUT2D eigenvalue weighted by molar-refractivity contribution is -0.135. The van der Waals surface area contributed by atoms with Gasteiger partial charge in [-0.25, -0.2) is 4.79 Å². The number of aromatic nitrogens is 4. The Kier molecular flexibility index (Phi) is 5.61. The highest BCUT2D eigenvalue weighted by molar-refractivity contribution is 5.85. The van der Waals surface area contributed by atoms with Crippen LogP contribution in [0.1, 0.15) is 54.3 Å². The van der Waals surface area contributed by atoms with Crippen LogP contribution in [0.5, 0.6) is 0 Å². The van der Waals surface area contributed by atoms with Gasteiger partial charge in [-0.1, -0.05) is 0 Å². The van der Waals surface area contributed by atoms with Crippen LogP contribution < -0.4 is 0 Å². The zero-order valence-electron chi connectivity index (χ0n) is 15.4. The summed E-state index contributed by atoms with van der Waals surface area (Å²) in [4.78, 5) is 25.6. The van der Waals surface area contributed by atoms with Crippen LogP contribution in [0.4, 0.5) is 0 Å². The highest BCUT2D eigenvalue weighted by Gasteiger charge is 2.24. The quantitative estimate of drug-likeness (QED) is 0.827. The van der Waals surface area contributed by atoms with E-state index in [4.69, 9.17) is 5.11 Å². The number of carboxylic acids is 1. The van der Waals surface area contributed by atoms with Crippen molar-refractivity contribution in [2.24, 2.45) is 0 Å². The molecule has 1 atom stereocenters. The number of aryl methyl sites for hydroxylation is 2. The summed E-state index contributed by atoms with van der Waals surface area (Å²) in [5.74, 6) is -1.21. The normalized spacial score (nSPS) is 12.2. The largest absolute Gasteiger partial charge is 0.476 e. The Morgan fingerprint density at radius 3 is 2.44 bits per heavy atom. The molecule has 0 aliphatic heterocycles. The molecule has 0 saturated carbocycles. The molecule has 2 aromatic heterocycles. The van der Waals surface area contributed by atoms with Crippen molar-refractivity contribution < 1.29 is 14.7 Å². The summed E-state index contributed by atoms with van der Waals surface area (Å²) in [5, 5.41) is 17.4. The number of carboxylic acid groups (broad SMARTS) is 1. The molecule has 0 aliphatic carbocycles. The summed E-state index contributed by atoms with van der Waals surface area (Å²) in [6, 6.07) is 0.817. The van der Waals surface area contributed by atoms with Crippen molar-refractivity contribution in [3.05, 3.63) is 34.9 Å². The average molecular weight is 347 g/mol. The fourth-order valence-electron chi connectivity index (χ4n) is 2.85. The van der Waals surface area contributed by atoms with Gasteiger partial charge in [-0.15, -0.1) is 0 Å². The van der Waals surface area contributed by atoms with E-state index in [0.29, 0.717) is 13.1 Å². The number of amides is 1. The van der Waals surface area contributed by atoms with E-state index in [1.54, 1.807) is 11.8 Å². The highest BCUT2D eigenvalue weighted by atomic mass is 16.4. The number of aromatic carboxylic acids is 1. The molecule has 0 spiro atoms. The fraction of sp³-hybridized carbons (Fsp3) is 0.529. The second kappa shape index (κ2) is 7.50. The lowest BCUT2D eigenvalue weighted by atomic mass is 10.1. The van der Waals surface area contributed by atoms with Gasteiger partial charge < -0.3 is 10.0 Å². The average Bonchev–Trinajstić information content (AvgIpc) is 3.18. The molecule has 25 heavy (non-hydrogen) atoms. The zero-order chi connectivity index (χ0) is 18.7. The third-order valence-corrected chi connectivity index (χ3v) is 4.45. The Bertz CT molecular complexity index is 777.